The van der Waals surface area contributed by atoms with E-state index in [9.17, 15) is 4.79 Å². The SMILES string of the molecule is O=C(CNCC1CC1)NCCc1c(Cl)cccc1Cl. The molecule has 0 spiro atoms. The molecule has 0 heterocycles. The molecule has 2 rings (SSSR count). The lowest BCUT2D eigenvalue weighted by Crippen LogP contribution is -2.35. The lowest BCUT2D eigenvalue weighted by atomic mass is 10.1. The van der Waals surface area contributed by atoms with Crippen molar-refractivity contribution in [2.75, 3.05) is 19.6 Å². The Hall–Kier alpha value is -0.770. The summed E-state index contributed by atoms with van der Waals surface area (Å²) in [4.78, 5) is 11.6. The van der Waals surface area contributed by atoms with E-state index >= 15 is 0 Å². The molecule has 1 aliphatic carbocycles. The summed E-state index contributed by atoms with van der Waals surface area (Å²) >= 11 is 12.1. The van der Waals surface area contributed by atoms with Crippen LogP contribution in [0.3, 0.4) is 0 Å². The van der Waals surface area contributed by atoms with Gasteiger partial charge in [-0.2, -0.15) is 0 Å². The summed E-state index contributed by atoms with van der Waals surface area (Å²) in [6, 6.07) is 5.43. The number of nitrogens with one attached hydrogen (secondary N) is 2. The number of carbonyl (C=O) groups excluding carboxylic acids is 1. The van der Waals surface area contributed by atoms with Crippen molar-refractivity contribution in [1.82, 2.24) is 10.6 Å². The molecule has 0 aromatic heterocycles. The molecular weight excluding hydrogens is 283 g/mol. The third-order valence-corrected chi connectivity index (χ3v) is 3.88. The monoisotopic (exact) mass is 300 g/mol. The molecule has 0 bridgehead atoms. The van der Waals surface area contributed by atoms with E-state index in [-0.39, 0.29) is 5.91 Å². The van der Waals surface area contributed by atoms with Gasteiger partial charge in [-0.1, -0.05) is 29.3 Å². The molecule has 19 heavy (non-hydrogen) atoms. The van der Waals surface area contributed by atoms with Gasteiger partial charge in [0.25, 0.3) is 0 Å². The summed E-state index contributed by atoms with van der Waals surface area (Å²) in [5.41, 5.74) is 0.886. The number of hydrogen-bond donors (Lipinski definition) is 2. The predicted octanol–water partition coefficient (Wildman–Crippen LogP) is 2.65. The van der Waals surface area contributed by atoms with Gasteiger partial charge in [-0.05, 0) is 49.4 Å². The summed E-state index contributed by atoms with van der Waals surface area (Å²) < 4.78 is 0. The molecule has 0 unspecified atom stereocenters. The van der Waals surface area contributed by atoms with Crippen LogP contribution < -0.4 is 10.6 Å². The second-order valence-corrected chi connectivity index (χ2v) is 5.69. The van der Waals surface area contributed by atoms with Crippen molar-refractivity contribution >= 4 is 29.1 Å². The first-order valence-corrected chi connectivity index (χ1v) is 7.32. The van der Waals surface area contributed by atoms with Crippen LogP contribution in [0.15, 0.2) is 18.2 Å². The zero-order chi connectivity index (χ0) is 13.7. The van der Waals surface area contributed by atoms with E-state index in [0.29, 0.717) is 29.6 Å². The van der Waals surface area contributed by atoms with E-state index in [1.54, 1.807) is 0 Å². The van der Waals surface area contributed by atoms with Crippen molar-refractivity contribution in [1.29, 1.82) is 0 Å². The van der Waals surface area contributed by atoms with E-state index < -0.39 is 0 Å². The fraction of sp³-hybridized carbons (Fsp3) is 0.500. The standard InChI is InChI=1S/C14H18Cl2N2O/c15-12-2-1-3-13(16)11(12)6-7-18-14(19)9-17-8-10-4-5-10/h1-3,10,17H,4-9H2,(H,18,19). The van der Waals surface area contributed by atoms with Crippen LogP contribution in [0.1, 0.15) is 18.4 Å². The molecule has 0 saturated heterocycles. The quantitative estimate of drug-likeness (QED) is 0.813. The van der Waals surface area contributed by atoms with E-state index in [1.165, 1.54) is 12.8 Å². The third kappa shape index (κ3) is 5.01. The Morgan fingerprint density at radius 3 is 2.58 bits per heavy atom. The topological polar surface area (TPSA) is 41.1 Å². The second-order valence-electron chi connectivity index (χ2n) is 4.87. The summed E-state index contributed by atoms with van der Waals surface area (Å²) in [6.07, 6.45) is 3.23. The van der Waals surface area contributed by atoms with Gasteiger partial charge in [-0.15, -0.1) is 0 Å². The van der Waals surface area contributed by atoms with Crippen LogP contribution >= 0.6 is 23.2 Å². The van der Waals surface area contributed by atoms with E-state index in [0.717, 1.165) is 18.0 Å². The average molecular weight is 301 g/mol. The van der Waals surface area contributed by atoms with Crippen molar-refractivity contribution in [2.45, 2.75) is 19.3 Å². The van der Waals surface area contributed by atoms with E-state index in [2.05, 4.69) is 10.6 Å². The maximum absolute atomic E-state index is 11.6. The largest absolute Gasteiger partial charge is 0.355 e. The molecule has 0 aliphatic heterocycles. The molecule has 104 valence electrons. The lowest BCUT2D eigenvalue weighted by Gasteiger charge is -2.09. The van der Waals surface area contributed by atoms with Gasteiger partial charge < -0.3 is 10.6 Å². The Morgan fingerprint density at radius 2 is 1.95 bits per heavy atom. The molecule has 3 nitrogen and oxygen atoms in total. The van der Waals surface area contributed by atoms with Gasteiger partial charge in [0.2, 0.25) is 5.91 Å². The van der Waals surface area contributed by atoms with Gasteiger partial charge in [-0.3, -0.25) is 4.79 Å². The fourth-order valence-corrected chi connectivity index (χ4v) is 2.46. The summed E-state index contributed by atoms with van der Waals surface area (Å²) in [7, 11) is 0. The van der Waals surface area contributed by atoms with Crippen LogP contribution in [-0.4, -0.2) is 25.5 Å². The normalized spacial score (nSPS) is 14.4. The highest BCUT2D eigenvalue weighted by Gasteiger charge is 2.20. The molecule has 1 saturated carbocycles. The number of carbonyl (C=O) groups is 1. The van der Waals surface area contributed by atoms with Gasteiger partial charge in [0.05, 0.1) is 6.54 Å². The highest BCUT2D eigenvalue weighted by Crippen LogP contribution is 2.27. The van der Waals surface area contributed by atoms with Crippen molar-refractivity contribution in [3.05, 3.63) is 33.8 Å². The summed E-state index contributed by atoms with van der Waals surface area (Å²) in [6.45, 7) is 1.88. The molecule has 1 aromatic carbocycles. The first kappa shape index (κ1) is 14.6. The van der Waals surface area contributed by atoms with Crippen molar-refractivity contribution in [2.24, 2.45) is 5.92 Å². The first-order valence-electron chi connectivity index (χ1n) is 6.57. The van der Waals surface area contributed by atoms with Crippen molar-refractivity contribution < 1.29 is 4.79 Å². The average Bonchev–Trinajstić information content (AvgIpc) is 3.17. The maximum atomic E-state index is 11.6. The Morgan fingerprint density at radius 1 is 1.26 bits per heavy atom. The van der Waals surface area contributed by atoms with E-state index in [4.69, 9.17) is 23.2 Å². The molecule has 1 aliphatic rings. The predicted molar refractivity (Wildman–Crippen MR) is 78.8 cm³/mol. The van der Waals surface area contributed by atoms with Gasteiger partial charge in [0, 0.05) is 16.6 Å². The summed E-state index contributed by atoms with van der Waals surface area (Å²) in [5, 5.41) is 7.31. The van der Waals surface area contributed by atoms with E-state index in [1.807, 2.05) is 18.2 Å². The fourth-order valence-electron chi connectivity index (χ4n) is 1.87. The molecule has 2 N–H and O–H groups in total. The van der Waals surface area contributed by atoms with Gasteiger partial charge in [0.15, 0.2) is 0 Å². The molecule has 1 fully saturated rings. The molecule has 1 aromatic rings. The number of halogens is 2. The van der Waals surface area contributed by atoms with Crippen LogP contribution in [0.4, 0.5) is 0 Å². The van der Waals surface area contributed by atoms with Crippen LogP contribution in [-0.2, 0) is 11.2 Å². The highest BCUT2D eigenvalue weighted by atomic mass is 35.5. The van der Waals surface area contributed by atoms with Gasteiger partial charge in [0.1, 0.15) is 0 Å². The summed E-state index contributed by atoms with van der Waals surface area (Å²) in [5.74, 6) is 0.804. The Balaban J connectivity index is 1.66. The number of rotatable bonds is 7. The maximum Gasteiger partial charge on any atom is 0.233 e. The van der Waals surface area contributed by atoms with Crippen molar-refractivity contribution in [3.63, 3.8) is 0 Å². The number of hydrogen-bond acceptors (Lipinski definition) is 2. The highest BCUT2D eigenvalue weighted by molar-refractivity contribution is 6.35. The van der Waals surface area contributed by atoms with Crippen LogP contribution in [0.2, 0.25) is 10.0 Å². The minimum atomic E-state index is 0.0174. The van der Waals surface area contributed by atoms with Crippen LogP contribution in [0.5, 0.6) is 0 Å². The molecule has 0 radical (unpaired) electrons. The smallest absolute Gasteiger partial charge is 0.233 e. The minimum Gasteiger partial charge on any atom is -0.355 e. The second kappa shape index (κ2) is 7.13. The van der Waals surface area contributed by atoms with Crippen LogP contribution in [0, 0.1) is 5.92 Å². The third-order valence-electron chi connectivity index (χ3n) is 3.17. The molecule has 5 heteroatoms. The zero-order valence-corrected chi connectivity index (χ0v) is 12.2. The van der Waals surface area contributed by atoms with Gasteiger partial charge >= 0.3 is 0 Å². The zero-order valence-electron chi connectivity index (χ0n) is 10.7. The minimum absolute atomic E-state index is 0.0174. The first-order chi connectivity index (χ1) is 9.16. The number of benzene rings is 1. The van der Waals surface area contributed by atoms with Crippen LogP contribution in [0.25, 0.3) is 0 Å². The Kier molecular flexibility index (Phi) is 5.49. The van der Waals surface area contributed by atoms with Gasteiger partial charge in [-0.25, -0.2) is 0 Å². The molecule has 1 amide bonds. The Bertz CT molecular complexity index is 427. The Labute approximate surface area is 123 Å². The van der Waals surface area contributed by atoms with Crippen molar-refractivity contribution in [3.8, 4) is 0 Å². The molecular formula is C14H18Cl2N2O. The molecule has 0 atom stereocenters. The number of amides is 1. The lowest BCUT2D eigenvalue weighted by molar-refractivity contribution is -0.120.